The normalized spacial score (nSPS) is 15.6. The van der Waals surface area contributed by atoms with Crippen molar-refractivity contribution < 1.29 is 19.1 Å². The molecule has 1 aliphatic rings. The summed E-state index contributed by atoms with van der Waals surface area (Å²) in [5.74, 6) is -1.13. The van der Waals surface area contributed by atoms with Crippen LogP contribution in [0.4, 0.5) is 4.79 Å². The number of alkyl carbamates (subject to hydrolysis) is 1. The van der Waals surface area contributed by atoms with Crippen LogP contribution >= 0.6 is 11.3 Å². The highest BCUT2D eigenvalue weighted by Gasteiger charge is 2.41. The molecule has 0 saturated carbocycles. The molecule has 10 heteroatoms. The molecular weight excluding hydrogens is 502 g/mol. The Kier molecular flexibility index (Phi) is 8.75. The van der Waals surface area contributed by atoms with E-state index in [0.717, 1.165) is 16.7 Å². The maximum atomic E-state index is 14.1. The van der Waals surface area contributed by atoms with Crippen molar-refractivity contribution in [2.45, 2.75) is 37.4 Å². The number of amidine groups is 1. The second-order valence-electron chi connectivity index (χ2n) is 9.05. The average molecular weight is 534 g/mol. The van der Waals surface area contributed by atoms with Crippen molar-refractivity contribution in [3.8, 4) is 0 Å². The molecule has 2 atom stereocenters. The lowest BCUT2D eigenvalue weighted by Crippen LogP contribution is -2.55. The number of nitrogens with two attached hydrogens (primary N) is 1. The Bertz CT molecular complexity index is 1240. The Morgan fingerprint density at radius 2 is 1.74 bits per heavy atom. The summed E-state index contributed by atoms with van der Waals surface area (Å²) in [6.07, 6.45) is 0.467. The van der Waals surface area contributed by atoms with Crippen molar-refractivity contribution in [2.24, 2.45) is 5.73 Å². The molecule has 0 unspecified atom stereocenters. The molecule has 2 heterocycles. The summed E-state index contributed by atoms with van der Waals surface area (Å²) < 4.78 is 4.87. The van der Waals surface area contributed by atoms with Gasteiger partial charge in [-0.2, -0.15) is 0 Å². The molecule has 0 aliphatic carbocycles. The lowest BCUT2D eigenvalue weighted by Gasteiger charge is -2.33. The van der Waals surface area contributed by atoms with E-state index in [1.54, 1.807) is 11.0 Å². The van der Waals surface area contributed by atoms with E-state index in [4.69, 9.17) is 15.9 Å². The van der Waals surface area contributed by atoms with Crippen molar-refractivity contribution in [3.63, 3.8) is 0 Å². The predicted octanol–water partition coefficient (Wildman–Crippen LogP) is 3.20. The fourth-order valence-corrected chi connectivity index (χ4v) is 5.55. The topological polar surface area (TPSA) is 138 Å². The molecule has 0 radical (unpaired) electrons. The quantitative estimate of drug-likeness (QED) is 0.247. The highest BCUT2D eigenvalue weighted by Crippen LogP contribution is 2.31. The van der Waals surface area contributed by atoms with Gasteiger partial charge in [-0.1, -0.05) is 60.7 Å². The number of carbonyl (C=O) groups excluding carboxylic acids is 3. The molecule has 4 rings (SSSR count). The van der Waals surface area contributed by atoms with Gasteiger partial charge in [0.15, 0.2) is 0 Å². The van der Waals surface area contributed by atoms with Crippen LogP contribution in [-0.2, 0) is 20.9 Å². The number of thiophene rings is 1. The van der Waals surface area contributed by atoms with Crippen molar-refractivity contribution in [1.29, 1.82) is 5.41 Å². The average Bonchev–Trinajstić information content (AvgIpc) is 3.62. The Balaban J connectivity index is 1.59. The third-order valence-electron chi connectivity index (χ3n) is 6.60. The van der Waals surface area contributed by atoms with Crippen molar-refractivity contribution >= 4 is 35.1 Å². The monoisotopic (exact) mass is 533 g/mol. The molecule has 2 aromatic carbocycles. The first kappa shape index (κ1) is 26.9. The Hall–Kier alpha value is -4.18. The standard InChI is InChI=1S/C28H31N5O4S/c1-37-28(36)32-24(23(19-9-4-2-5-10-19)20-11-6-3-7-12-20)27(35)33-14-8-13-21(33)26(34)31-16-18-15-22(25(29)30)38-17-18/h2-7,9-12,15,17,21,23-24H,8,13-14,16H2,1H3,(H3,29,30)(H,31,34)(H,32,36)/t21-,24+/m0/s1. The van der Waals surface area contributed by atoms with Crippen molar-refractivity contribution in [2.75, 3.05) is 13.7 Å². The minimum Gasteiger partial charge on any atom is -0.453 e. The number of nitrogen functional groups attached to an aromatic ring is 1. The van der Waals surface area contributed by atoms with Crippen LogP contribution in [0, 0.1) is 5.41 Å². The van der Waals surface area contributed by atoms with Gasteiger partial charge in [-0.3, -0.25) is 15.0 Å². The molecule has 1 saturated heterocycles. The molecule has 3 aromatic rings. The van der Waals surface area contributed by atoms with Crippen LogP contribution in [0.3, 0.4) is 0 Å². The van der Waals surface area contributed by atoms with Crippen LogP contribution in [0.2, 0.25) is 0 Å². The molecule has 0 spiro atoms. The summed E-state index contributed by atoms with van der Waals surface area (Å²) >= 11 is 1.34. The third-order valence-corrected chi connectivity index (χ3v) is 7.61. The number of hydrogen-bond donors (Lipinski definition) is 4. The first-order valence-corrected chi connectivity index (χ1v) is 13.2. The van der Waals surface area contributed by atoms with E-state index in [2.05, 4.69) is 10.6 Å². The van der Waals surface area contributed by atoms with Gasteiger partial charge in [-0.15, -0.1) is 11.3 Å². The van der Waals surface area contributed by atoms with Gasteiger partial charge in [-0.05, 0) is 41.0 Å². The lowest BCUT2D eigenvalue weighted by atomic mass is 9.84. The number of ether oxygens (including phenoxy) is 1. The number of amides is 3. The zero-order valence-electron chi connectivity index (χ0n) is 21.1. The number of rotatable bonds is 9. The maximum absolute atomic E-state index is 14.1. The van der Waals surface area contributed by atoms with E-state index in [1.165, 1.54) is 18.4 Å². The van der Waals surface area contributed by atoms with Crippen LogP contribution in [0.1, 0.15) is 40.3 Å². The van der Waals surface area contributed by atoms with Gasteiger partial charge in [0.25, 0.3) is 0 Å². The second kappa shape index (κ2) is 12.4. The van der Waals surface area contributed by atoms with Crippen LogP contribution < -0.4 is 16.4 Å². The van der Waals surface area contributed by atoms with E-state index in [-0.39, 0.29) is 24.2 Å². The zero-order valence-corrected chi connectivity index (χ0v) is 21.9. The van der Waals surface area contributed by atoms with Crippen LogP contribution in [0.5, 0.6) is 0 Å². The Morgan fingerprint density at radius 1 is 1.11 bits per heavy atom. The van der Waals surface area contributed by atoms with Crippen LogP contribution in [-0.4, -0.2) is 54.4 Å². The molecule has 5 N–H and O–H groups in total. The predicted molar refractivity (Wildman–Crippen MR) is 146 cm³/mol. The van der Waals surface area contributed by atoms with Gasteiger partial charge >= 0.3 is 6.09 Å². The summed E-state index contributed by atoms with van der Waals surface area (Å²) in [4.78, 5) is 41.9. The molecule has 1 aliphatic heterocycles. The van der Waals surface area contributed by atoms with E-state index in [1.807, 2.05) is 66.0 Å². The van der Waals surface area contributed by atoms with Crippen LogP contribution in [0.15, 0.2) is 72.1 Å². The molecule has 3 amide bonds. The van der Waals surface area contributed by atoms with E-state index < -0.39 is 24.1 Å². The SMILES string of the molecule is COC(=O)N[C@@H](C(=O)N1CCC[C@H]1C(=O)NCc1csc(C(=N)N)c1)C(c1ccccc1)c1ccccc1. The Morgan fingerprint density at radius 3 is 2.29 bits per heavy atom. The zero-order chi connectivity index (χ0) is 27.1. The number of carbonyl (C=O) groups is 3. The number of benzene rings is 2. The first-order valence-electron chi connectivity index (χ1n) is 12.3. The molecule has 0 bridgehead atoms. The van der Waals surface area contributed by atoms with Crippen molar-refractivity contribution in [3.05, 3.63) is 93.7 Å². The number of nitrogens with zero attached hydrogens (tertiary/aromatic N) is 1. The van der Waals surface area contributed by atoms with Gasteiger partial charge in [0, 0.05) is 19.0 Å². The fraction of sp³-hybridized carbons (Fsp3) is 0.286. The molecule has 1 fully saturated rings. The van der Waals surface area contributed by atoms with E-state index in [0.29, 0.717) is 24.3 Å². The number of methoxy groups -OCH3 is 1. The van der Waals surface area contributed by atoms with Gasteiger partial charge in [0.2, 0.25) is 11.8 Å². The van der Waals surface area contributed by atoms with E-state index >= 15 is 0 Å². The molecular formula is C28H31N5O4S. The van der Waals surface area contributed by atoms with Crippen LogP contribution in [0.25, 0.3) is 0 Å². The largest absolute Gasteiger partial charge is 0.453 e. The van der Waals surface area contributed by atoms with Gasteiger partial charge < -0.3 is 26.0 Å². The minimum absolute atomic E-state index is 0.0179. The maximum Gasteiger partial charge on any atom is 0.407 e. The smallest absolute Gasteiger partial charge is 0.407 e. The number of nitrogens with one attached hydrogen (secondary N) is 3. The van der Waals surface area contributed by atoms with E-state index in [9.17, 15) is 14.4 Å². The Labute approximate surface area is 225 Å². The first-order chi connectivity index (χ1) is 18.4. The lowest BCUT2D eigenvalue weighted by molar-refractivity contribution is -0.140. The number of likely N-dealkylation sites (tertiary alicyclic amines) is 1. The fourth-order valence-electron chi connectivity index (χ4n) is 4.77. The molecule has 9 nitrogen and oxygen atoms in total. The summed E-state index contributed by atoms with van der Waals surface area (Å²) in [6, 6.07) is 19.1. The summed E-state index contributed by atoms with van der Waals surface area (Å²) in [6.45, 7) is 0.668. The molecule has 1 aromatic heterocycles. The molecule has 38 heavy (non-hydrogen) atoms. The summed E-state index contributed by atoms with van der Waals surface area (Å²) in [7, 11) is 1.25. The summed E-state index contributed by atoms with van der Waals surface area (Å²) in [5, 5.41) is 15.1. The second-order valence-corrected chi connectivity index (χ2v) is 9.96. The highest BCUT2D eigenvalue weighted by molar-refractivity contribution is 7.12. The number of hydrogen-bond acceptors (Lipinski definition) is 6. The van der Waals surface area contributed by atoms with Gasteiger partial charge in [0.05, 0.1) is 12.0 Å². The third kappa shape index (κ3) is 6.20. The van der Waals surface area contributed by atoms with Gasteiger partial charge in [0.1, 0.15) is 17.9 Å². The minimum atomic E-state index is -0.990. The highest BCUT2D eigenvalue weighted by atomic mass is 32.1. The molecule has 198 valence electrons. The van der Waals surface area contributed by atoms with Gasteiger partial charge in [-0.25, -0.2) is 4.79 Å². The van der Waals surface area contributed by atoms with Crippen molar-refractivity contribution in [1.82, 2.24) is 15.5 Å². The summed E-state index contributed by atoms with van der Waals surface area (Å²) in [5.41, 5.74) is 8.08.